The van der Waals surface area contributed by atoms with Crippen molar-refractivity contribution in [3.05, 3.63) is 47.5 Å². The van der Waals surface area contributed by atoms with Crippen LogP contribution in [0.5, 0.6) is 0 Å². The molecule has 1 fully saturated rings. The van der Waals surface area contributed by atoms with E-state index in [0.717, 1.165) is 25.9 Å². The van der Waals surface area contributed by atoms with Crippen molar-refractivity contribution in [3.8, 4) is 0 Å². The Morgan fingerprint density at radius 3 is 3.00 bits per heavy atom. The molecule has 20 heavy (non-hydrogen) atoms. The molecule has 1 saturated heterocycles. The van der Waals surface area contributed by atoms with Gasteiger partial charge in [-0.1, -0.05) is 36.4 Å². The number of benzene rings is 1. The van der Waals surface area contributed by atoms with Crippen molar-refractivity contribution in [3.63, 3.8) is 0 Å². The van der Waals surface area contributed by atoms with Gasteiger partial charge in [-0.3, -0.25) is 4.79 Å². The number of likely N-dealkylation sites (tertiary alicyclic amines) is 1. The molecule has 0 spiro atoms. The van der Waals surface area contributed by atoms with Crippen LogP contribution in [0.2, 0.25) is 0 Å². The Bertz CT molecular complexity index is 496. The molecule has 1 amide bonds. The van der Waals surface area contributed by atoms with E-state index < -0.39 is 0 Å². The fourth-order valence-corrected chi connectivity index (χ4v) is 2.82. The first-order valence-electron chi connectivity index (χ1n) is 7.33. The number of aryl methyl sites for hydroxylation is 1. The van der Waals surface area contributed by atoms with E-state index in [9.17, 15) is 4.79 Å². The minimum atomic E-state index is 0.115. The summed E-state index contributed by atoms with van der Waals surface area (Å²) in [6.45, 7) is 7.69. The van der Waals surface area contributed by atoms with E-state index in [1.807, 2.05) is 11.9 Å². The second-order valence-corrected chi connectivity index (χ2v) is 5.53. The van der Waals surface area contributed by atoms with E-state index in [2.05, 4.69) is 43.1 Å². The molecule has 0 radical (unpaired) electrons. The van der Waals surface area contributed by atoms with Crippen LogP contribution in [0.25, 0.3) is 0 Å². The van der Waals surface area contributed by atoms with Crippen LogP contribution < -0.4 is 5.32 Å². The SMILES string of the molecule is C=C(CCNC)C(=O)N1CCCC1c1cccc(C)c1. The van der Waals surface area contributed by atoms with E-state index in [1.54, 1.807) is 0 Å². The molecule has 1 aromatic rings. The third-order valence-electron chi connectivity index (χ3n) is 3.92. The van der Waals surface area contributed by atoms with Gasteiger partial charge in [0.15, 0.2) is 0 Å². The van der Waals surface area contributed by atoms with E-state index in [4.69, 9.17) is 0 Å². The Kier molecular flexibility index (Phi) is 4.96. The van der Waals surface area contributed by atoms with Crippen LogP contribution in [0.3, 0.4) is 0 Å². The first kappa shape index (κ1) is 14.8. The molecule has 1 aromatic carbocycles. The maximum absolute atomic E-state index is 12.5. The highest BCUT2D eigenvalue weighted by Gasteiger charge is 2.30. The molecular weight excluding hydrogens is 248 g/mol. The zero-order valence-corrected chi connectivity index (χ0v) is 12.5. The molecular formula is C17H24N2O. The van der Waals surface area contributed by atoms with E-state index in [-0.39, 0.29) is 11.9 Å². The molecule has 0 aromatic heterocycles. The Balaban J connectivity index is 2.11. The molecule has 1 atom stereocenters. The van der Waals surface area contributed by atoms with E-state index in [0.29, 0.717) is 12.0 Å². The fourth-order valence-electron chi connectivity index (χ4n) is 2.82. The van der Waals surface area contributed by atoms with Crippen LogP contribution in [-0.2, 0) is 4.79 Å². The van der Waals surface area contributed by atoms with Gasteiger partial charge in [-0.15, -0.1) is 0 Å². The molecule has 1 unspecified atom stereocenters. The number of carbonyl (C=O) groups excluding carboxylic acids is 1. The van der Waals surface area contributed by atoms with Gasteiger partial charge in [-0.05, 0) is 45.3 Å². The zero-order chi connectivity index (χ0) is 14.5. The molecule has 2 rings (SSSR count). The minimum Gasteiger partial charge on any atom is -0.332 e. The van der Waals surface area contributed by atoms with Crippen molar-refractivity contribution < 1.29 is 4.79 Å². The zero-order valence-electron chi connectivity index (χ0n) is 12.5. The van der Waals surface area contributed by atoms with Crippen molar-refractivity contribution >= 4 is 5.91 Å². The Morgan fingerprint density at radius 1 is 1.50 bits per heavy atom. The molecule has 0 saturated carbocycles. The normalized spacial score (nSPS) is 18.3. The highest BCUT2D eigenvalue weighted by Crippen LogP contribution is 2.33. The van der Waals surface area contributed by atoms with Crippen LogP contribution in [0.15, 0.2) is 36.4 Å². The lowest BCUT2D eigenvalue weighted by atomic mass is 10.0. The van der Waals surface area contributed by atoms with Crippen molar-refractivity contribution in [1.29, 1.82) is 0 Å². The lowest BCUT2D eigenvalue weighted by molar-refractivity contribution is -0.128. The van der Waals surface area contributed by atoms with Gasteiger partial charge in [0.25, 0.3) is 0 Å². The van der Waals surface area contributed by atoms with Gasteiger partial charge in [-0.25, -0.2) is 0 Å². The second kappa shape index (κ2) is 6.71. The number of nitrogens with one attached hydrogen (secondary N) is 1. The molecule has 1 aliphatic rings. The van der Waals surface area contributed by atoms with Crippen molar-refractivity contribution in [2.24, 2.45) is 0 Å². The van der Waals surface area contributed by atoms with Gasteiger partial charge < -0.3 is 10.2 Å². The number of nitrogens with zero attached hydrogens (tertiary/aromatic N) is 1. The lowest BCUT2D eigenvalue weighted by Crippen LogP contribution is -2.32. The van der Waals surface area contributed by atoms with Crippen molar-refractivity contribution in [2.45, 2.75) is 32.2 Å². The largest absolute Gasteiger partial charge is 0.332 e. The van der Waals surface area contributed by atoms with E-state index in [1.165, 1.54) is 11.1 Å². The summed E-state index contributed by atoms with van der Waals surface area (Å²) in [7, 11) is 1.89. The molecule has 3 nitrogen and oxygen atoms in total. The summed E-state index contributed by atoms with van der Waals surface area (Å²) in [4.78, 5) is 14.5. The van der Waals surface area contributed by atoms with Gasteiger partial charge in [-0.2, -0.15) is 0 Å². The topological polar surface area (TPSA) is 32.3 Å². The van der Waals surface area contributed by atoms with Gasteiger partial charge in [0, 0.05) is 12.1 Å². The number of hydrogen-bond acceptors (Lipinski definition) is 2. The number of hydrogen-bond donors (Lipinski definition) is 1. The summed E-state index contributed by atoms with van der Waals surface area (Å²) in [5.74, 6) is 0.115. The average Bonchev–Trinajstić information content (AvgIpc) is 2.93. The van der Waals surface area contributed by atoms with Crippen LogP contribution in [-0.4, -0.2) is 30.9 Å². The summed E-state index contributed by atoms with van der Waals surface area (Å²) in [6.07, 6.45) is 2.84. The second-order valence-electron chi connectivity index (χ2n) is 5.53. The summed E-state index contributed by atoms with van der Waals surface area (Å²) >= 11 is 0. The molecule has 1 aliphatic heterocycles. The predicted octanol–water partition coefficient (Wildman–Crippen LogP) is 2.82. The molecule has 3 heteroatoms. The van der Waals surface area contributed by atoms with Gasteiger partial charge >= 0.3 is 0 Å². The summed E-state index contributed by atoms with van der Waals surface area (Å²) in [5.41, 5.74) is 3.20. The molecule has 0 bridgehead atoms. The van der Waals surface area contributed by atoms with Crippen molar-refractivity contribution in [2.75, 3.05) is 20.1 Å². The predicted molar refractivity (Wildman–Crippen MR) is 82.6 cm³/mol. The van der Waals surface area contributed by atoms with Gasteiger partial charge in [0.05, 0.1) is 6.04 Å². The standard InChI is InChI=1S/C17H24N2O/c1-13-6-4-7-15(12-13)16-8-5-11-19(16)17(20)14(2)9-10-18-3/h4,6-7,12,16,18H,2,5,8-11H2,1,3H3. The quantitative estimate of drug-likeness (QED) is 0.836. The Hall–Kier alpha value is -1.61. The summed E-state index contributed by atoms with van der Waals surface area (Å²) in [5, 5.41) is 3.06. The van der Waals surface area contributed by atoms with Crippen LogP contribution in [0, 0.1) is 6.92 Å². The van der Waals surface area contributed by atoms with Crippen molar-refractivity contribution in [1.82, 2.24) is 10.2 Å². The molecule has 108 valence electrons. The fraction of sp³-hybridized carbons (Fsp3) is 0.471. The van der Waals surface area contributed by atoms with E-state index >= 15 is 0 Å². The van der Waals surface area contributed by atoms with Crippen LogP contribution in [0.1, 0.15) is 36.4 Å². The number of rotatable bonds is 5. The Labute approximate surface area is 121 Å². The number of carbonyl (C=O) groups is 1. The maximum atomic E-state index is 12.5. The summed E-state index contributed by atoms with van der Waals surface area (Å²) < 4.78 is 0. The smallest absolute Gasteiger partial charge is 0.249 e. The third-order valence-corrected chi connectivity index (χ3v) is 3.92. The Morgan fingerprint density at radius 2 is 2.30 bits per heavy atom. The van der Waals surface area contributed by atoms with Gasteiger partial charge in [0.2, 0.25) is 5.91 Å². The maximum Gasteiger partial charge on any atom is 0.249 e. The van der Waals surface area contributed by atoms with Gasteiger partial charge in [0.1, 0.15) is 0 Å². The molecule has 0 aliphatic carbocycles. The van der Waals surface area contributed by atoms with Crippen LogP contribution in [0.4, 0.5) is 0 Å². The minimum absolute atomic E-state index is 0.115. The highest BCUT2D eigenvalue weighted by molar-refractivity contribution is 5.93. The summed E-state index contributed by atoms with van der Waals surface area (Å²) in [6, 6.07) is 8.69. The number of amides is 1. The molecule has 1 heterocycles. The van der Waals surface area contributed by atoms with Crippen LogP contribution >= 0.6 is 0 Å². The molecule has 1 N–H and O–H groups in total. The highest BCUT2D eigenvalue weighted by atomic mass is 16.2. The monoisotopic (exact) mass is 272 g/mol. The lowest BCUT2D eigenvalue weighted by Gasteiger charge is -2.26. The third kappa shape index (κ3) is 3.28. The first-order valence-corrected chi connectivity index (χ1v) is 7.33. The first-order chi connectivity index (χ1) is 9.63. The average molecular weight is 272 g/mol.